The topological polar surface area (TPSA) is 3.24 Å². The van der Waals surface area contributed by atoms with E-state index in [0.717, 1.165) is 6.42 Å². The average Bonchev–Trinajstić information content (AvgIpc) is 3.17. The molecule has 4 aromatic rings. The first-order chi connectivity index (χ1) is 15.2. The molecule has 1 aliphatic carbocycles. The minimum Gasteiger partial charge on any atom is -0.308 e. The highest BCUT2D eigenvalue weighted by atomic mass is 32.2. The lowest BCUT2D eigenvalue weighted by molar-refractivity contribution is 1.15. The molecule has 4 aromatic carbocycles. The molecule has 150 valence electrons. The molecule has 2 heteroatoms. The Hall–Kier alpha value is -3.23. The number of rotatable bonds is 2. The molecule has 0 aromatic heterocycles. The van der Waals surface area contributed by atoms with E-state index >= 15 is 0 Å². The number of anilines is 3. The van der Waals surface area contributed by atoms with Crippen LogP contribution in [0.2, 0.25) is 0 Å². The van der Waals surface area contributed by atoms with Gasteiger partial charge in [0.2, 0.25) is 0 Å². The van der Waals surface area contributed by atoms with Gasteiger partial charge in [-0.15, -0.1) is 0 Å². The van der Waals surface area contributed by atoms with Gasteiger partial charge < -0.3 is 4.90 Å². The number of hydrogen-bond donors (Lipinski definition) is 0. The molecule has 0 radical (unpaired) electrons. The number of para-hydroxylation sites is 2. The predicted octanol–water partition coefficient (Wildman–Crippen LogP) is 8.56. The molecule has 0 spiro atoms. The number of aryl methyl sites for hydroxylation is 1. The van der Waals surface area contributed by atoms with E-state index < -0.39 is 0 Å². The number of allylic oxidation sites excluding steroid dienone is 1. The molecule has 1 heterocycles. The Kier molecular flexibility index (Phi) is 4.29. The minimum absolute atomic E-state index is 1.02. The van der Waals surface area contributed by atoms with Crippen LogP contribution in [-0.2, 0) is 6.42 Å². The summed E-state index contributed by atoms with van der Waals surface area (Å²) in [6.07, 6.45) is 3.39. The molecule has 0 unspecified atom stereocenters. The first-order valence-corrected chi connectivity index (χ1v) is 11.6. The number of fused-ring (bicyclic) bond motifs is 3. The molecule has 31 heavy (non-hydrogen) atoms. The maximum Gasteiger partial charge on any atom is 0.0601 e. The van der Waals surface area contributed by atoms with E-state index in [1.165, 1.54) is 60.2 Å². The zero-order valence-electron chi connectivity index (χ0n) is 17.7. The quantitative estimate of drug-likeness (QED) is 0.283. The van der Waals surface area contributed by atoms with Crippen molar-refractivity contribution in [2.24, 2.45) is 0 Å². The van der Waals surface area contributed by atoms with Crippen molar-refractivity contribution in [1.82, 2.24) is 0 Å². The van der Waals surface area contributed by atoms with Crippen LogP contribution in [0.1, 0.15) is 23.6 Å². The van der Waals surface area contributed by atoms with Crippen LogP contribution in [0.4, 0.5) is 17.1 Å². The lowest BCUT2D eigenvalue weighted by Crippen LogP contribution is -2.16. The number of benzene rings is 4. The van der Waals surface area contributed by atoms with Crippen LogP contribution in [0, 0.1) is 6.92 Å². The van der Waals surface area contributed by atoms with Crippen LogP contribution in [-0.4, -0.2) is 0 Å². The molecule has 0 atom stereocenters. The minimum atomic E-state index is 1.02. The van der Waals surface area contributed by atoms with Gasteiger partial charge in [-0.1, -0.05) is 83.6 Å². The highest BCUT2D eigenvalue weighted by molar-refractivity contribution is 7.99. The van der Waals surface area contributed by atoms with Gasteiger partial charge >= 0.3 is 0 Å². The highest BCUT2D eigenvalue weighted by Crippen LogP contribution is 2.53. The van der Waals surface area contributed by atoms with Gasteiger partial charge in [0.1, 0.15) is 0 Å². The Balaban J connectivity index is 1.62. The molecular formula is C29H23NS. The van der Waals surface area contributed by atoms with E-state index in [2.05, 4.69) is 110 Å². The van der Waals surface area contributed by atoms with Crippen LogP contribution in [0.25, 0.3) is 17.2 Å². The fourth-order valence-electron chi connectivity index (χ4n) is 4.67. The predicted molar refractivity (Wildman–Crippen MR) is 133 cm³/mol. The van der Waals surface area contributed by atoms with Crippen molar-refractivity contribution in [2.45, 2.75) is 30.1 Å². The molecule has 0 N–H and O–H groups in total. The molecule has 0 bridgehead atoms. The van der Waals surface area contributed by atoms with E-state index in [1.807, 2.05) is 11.8 Å². The smallest absolute Gasteiger partial charge is 0.0601 e. The molecule has 0 saturated heterocycles. The van der Waals surface area contributed by atoms with Crippen molar-refractivity contribution in [3.63, 3.8) is 0 Å². The van der Waals surface area contributed by atoms with E-state index in [9.17, 15) is 0 Å². The van der Waals surface area contributed by atoms with Crippen molar-refractivity contribution in [2.75, 3.05) is 4.90 Å². The summed E-state index contributed by atoms with van der Waals surface area (Å²) in [5, 5.41) is 0. The molecule has 0 fully saturated rings. The summed E-state index contributed by atoms with van der Waals surface area (Å²) in [4.78, 5) is 5.07. The molecule has 2 aliphatic rings. The summed E-state index contributed by atoms with van der Waals surface area (Å²) in [6, 6.07) is 31.2. The zero-order valence-corrected chi connectivity index (χ0v) is 18.5. The van der Waals surface area contributed by atoms with Gasteiger partial charge in [0.05, 0.1) is 17.1 Å². The first kappa shape index (κ1) is 18.5. The highest BCUT2D eigenvalue weighted by Gasteiger charge is 2.28. The van der Waals surface area contributed by atoms with Crippen LogP contribution < -0.4 is 4.90 Å². The van der Waals surface area contributed by atoms with Crippen molar-refractivity contribution in [1.29, 1.82) is 0 Å². The summed E-state index contributed by atoms with van der Waals surface area (Å²) in [7, 11) is 0. The second-order valence-electron chi connectivity index (χ2n) is 8.47. The van der Waals surface area contributed by atoms with Crippen molar-refractivity contribution >= 4 is 34.9 Å². The Morgan fingerprint density at radius 1 is 0.677 bits per heavy atom. The second-order valence-corrected chi connectivity index (χ2v) is 9.56. The fraction of sp³-hybridized carbons (Fsp3) is 0.103. The third-order valence-electron chi connectivity index (χ3n) is 6.16. The average molecular weight is 418 g/mol. The summed E-state index contributed by atoms with van der Waals surface area (Å²) < 4.78 is 0. The van der Waals surface area contributed by atoms with E-state index in [1.54, 1.807) is 0 Å². The van der Waals surface area contributed by atoms with Gasteiger partial charge in [-0.2, -0.15) is 0 Å². The summed E-state index contributed by atoms with van der Waals surface area (Å²) in [5.74, 6) is 0. The Labute approximate surface area is 188 Å². The van der Waals surface area contributed by atoms with Gasteiger partial charge in [-0.05, 0) is 67.3 Å². The Morgan fingerprint density at radius 3 is 2.00 bits per heavy atom. The Bertz CT molecular complexity index is 1300. The first-order valence-electron chi connectivity index (χ1n) is 10.7. The standard InChI is InChI=1S/C29H23NS/c1-19-11-13-21(14-12-19)22-17-23-15-20(2)16-24(23)27(18-22)30-25-7-3-5-9-28(25)31-29-10-6-4-8-26(29)30/h3-14,16-18H,15H2,1-2H3. The SMILES string of the molecule is CC1=Cc2c(cc(-c3ccc(C)cc3)cc2N2c3ccccc3Sc3ccccc32)C1. The van der Waals surface area contributed by atoms with Crippen LogP contribution in [0.3, 0.4) is 0 Å². The summed E-state index contributed by atoms with van der Waals surface area (Å²) in [6.45, 7) is 4.38. The van der Waals surface area contributed by atoms with Gasteiger partial charge in [-0.25, -0.2) is 0 Å². The third-order valence-corrected chi connectivity index (χ3v) is 7.29. The van der Waals surface area contributed by atoms with Crippen LogP contribution in [0.5, 0.6) is 0 Å². The van der Waals surface area contributed by atoms with E-state index in [0.29, 0.717) is 0 Å². The zero-order chi connectivity index (χ0) is 20.9. The monoisotopic (exact) mass is 417 g/mol. The fourth-order valence-corrected chi connectivity index (χ4v) is 5.73. The number of hydrogen-bond acceptors (Lipinski definition) is 2. The molecule has 6 rings (SSSR count). The van der Waals surface area contributed by atoms with E-state index in [-0.39, 0.29) is 0 Å². The maximum absolute atomic E-state index is 2.47. The van der Waals surface area contributed by atoms with Gasteiger partial charge in [0, 0.05) is 15.4 Å². The number of nitrogens with zero attached hydrogens (tertiary/aromatic N) is 1. The molecule has 0 saturated carbocycles. The molecule has 0 amide bonds. The molecule has 1 nitrogen and oxygen atoms in total. The summed E-state index contributed by atoms with van der Waals surface area (Å²) in [5.41, 5.74) is 11.8. The Morgan fingerprint density at radius 2 is 1.32 bits per heavy atom. The lowest BCUT2D eigenvalue weighted by Gasteiger charge is -2.34. The normalized spacial score (nSPS) is 14.0. The van der Waals surface area contributed by atoms with Gasteiger partial charge in [0.15, 0.2) is 0 Å². The largest absolute Gasteiger partial charge is 0.308 e. The second kappa shape index (κ2) is 7.18. The molecule has 1 aliphatic heterocycles. The van der Waals surface area contributed by atoms with Crippen LogP contribution >= 0.6 is 11.8 Å². The van der Waals surface area contributed by atoms with E-state index in [4.69, 9.17) is 0 Å². The lowest BCUT2D eigenvalue weighted by atomic mass is 9.96. The van der Waals surface area contributed by atoms with Crippen molar-refractivity contribution in [3.05, 3.63) is 107 Å². The van der Waals surface area contributed by atoms with Crippen molar-refractivity contribution < 1.29 is 0 Å². The summed E-state index contributed by atoms with van der Waals surface area (Å²) >= 11 is 1.86. The maximum atomic E-state index is 2.47. The third kappa shape index (κ3) is 3.10. The van der Waals surface area contributed by atoms with Gasteiger partial charge in [0.25, 0.3) is 0 Å². The van der Waals surface area contributed by atoms with Crippen LogP contribution in [0.15, 0.2) is 100 Å². The van der Waals surface area contributed by atoms with Gasteiger partial charge in [-0.3, -0.25) is 0 Å². The molecular weight excluding hydrogens is 394 g/mol. The van der Waals surface area contributed by atoms with Crippen molar-refractivity contribution in [3.8, 4) is 11.1 Å².